The van der Waals surface area contributed by atoms with Gasteiger partial charge in [0.1, 0.15) is 17.9 Å². The van der Waals surface area contributed by atoms with E-state index in [9.17, 15) is 0 Å². The van der Waals surface area contributed by atoms with E-state index >= 15 is 0 Å². The van der Waals surface area contributed by atoms with Gasteiger partial charge in [-0.3, -0.25) is 4.90 Å². The van der Waals surface area contributed by atoms with Gasteiger partial charge < -0.3 is 9.51 Å². The largest absolute Gasteiger partial charge is 0.361 e. The first-order chi connectivity index (χ1) is 12.7. The number of imidazole rings is 1. The van der Waals surface area contributed by atoms with Crippen molar-refractivity contribution in [1.82, 2.24) is 30.0 Å². The van der Waals surface area contributed by atoms with Gasteiger partial charge in [0, 0.05) is 18.1 Å². The summed E-state index contributed by atoms with van der Waals surface area (Å²) in [5.41, 5.74) is 3.86. The number of hydrogen-bond acceptors (Lipinski definition) is 6. The van der Waals surface area contributed by atoms with E-state index in [1.807, 2.05) is 26.2 Å². The van der Waals surface area contributed by atoms with Crippen molar-refractivity contribution in [2.75, 3.05) is 13.1 Å². The van der Waals surface area contributed by atoms with Gasteiger partial charge in [-0.1, -0.05) is 5.16 Å². The highest BCUT2D eigenvalue weighted by Gasteiger charge is 2.21. The van der Waals surface area contributed by atoms with Gasteiger partial charge in [-0.2, -0.15) is 0 Å². The molecule has 0 aromatic carbocycles. The number of H-pyrrole nitrogens is 1. The standard InChI is InChI=1S/C19H24N6O/c1-13-19(14(2)26-24-13)17-10-16(22-12-23-17)9-15-3-7-25(8-4-15)11-18-20-5-6-21-18/h5-6,10,12,15H,3-4,7-9,11H2,1-2H3,(H,20,21). The molecule has 7 heteroatoms. The van der Waals surface area contributed by atoms with Crippen LogP contribution in [0.5, 0.6) is 0 Å². The number of nitrogens with one attached hydrogen (secondary N) is 1. The van der Waals surface area contributed by atoms with Gasteiger partial charge >= 0.3 is 0 Å². The number of nitrogens with zero attached hydrogens (tertiary/aromatic N) is 5. The van der Waals surface area contributed by atoms with Crippen LogP contribution in [0, 0.1) is 19.8 Å². The van der Waals surface area contributed by atoms with Crippen molar-refractivity contribution < 1.29 is 4.52 Å². The summed E-state index contributed by atoms with van der Waals surface area (Å²) in [4.78, 5) is 18.9. The van der Waals surface area contributed by atoms with Gasteiger partial charge in [-0.15, -0.1) is 0 Å². The number of aromatic nitrogens is 5. The lowest BCUT2D eigenvalue weighted by molar-refractivity contribution is 0.173. The molecule has 7 nitrogen and oxygen atoms in total. The zero-order chi connectivity index (χ0) is 17.9. The van der Waals surface area contributed by atoms with Gasteiger partial charge in [0.2, 0.25) is 0 Å². The summed E-state index contributed by atoms with van der Waals surface area (Å²) >= 11 is 0. The fourth-order valence-electron chi connectivity index (χ4n) is 3.74. The van der Waals surface area contributed by atoms with Crippen LogP contribution in [-0.2, 0) is 13.0 Å². The van der Waals surface area contributed by atoms with Crippen molar-refractivity contribution in [3.63, 3.8) is 0 Å². The van der Waals surface area contributed by atoms with Crippen molar-refractivity contribution in [1.29, 1.82) is 0 Å². The normalized spacial score (nSPS) is 16.2. The lowest BCUT2D eigenvalue weighted by Gasteiger charge is -2.31. The van der Waals surface area contributed by atoms with Gasteiger partial charge in [-0.25, -0.2) is 15.0 Å². The summed E-state index contributed by atoms with van der Waals surface area (Å²) in [5, 5.41) is 4.03. The molecule has 0 bridgehead atoms. The minimum atomic E-state index is 0.662. The number of rotatable bonds is 5. The average molecular weight is 352 g/mol. The van der Waals surface area contributed by atoms with E-state index in [0.29, 0.717) is 5.92 Å². The van der Waals surface area contributed by atoms with Gasteiger partial charge in [0.05, 0.1) is 23.5 Å². The first-order valence-corrected chi connectivity index (χ1v) is 9.14. The summed E-state index contributed by atoms with van der Waals surface area (Å²) in [6.07, 6.45) is 8.72. The number of aryl methyl sites for hydroxylation is 2. The van der Waals surface area contributed by atoms with E-state index < -0.39 is 0 Å². The number of aromatic amines is 1. The molecule has 0 radical (unpaired) electrons. The maximum atomic E-state index is 5.27. The summed E-state index contributed by atoms with van der Waals surface area (Å²) in [7, 11) is 0. The lowest BCUT2D eigenvalue weighted by atomic mass is 9.91. The Morgan fingerprint density at radius 3 is 2.73 bits per heavy atom. The third-order valence-corrected chi connectivity index (χ3v) is 5.15. The molecule has 1 aliphatic rings. The van der Waals surface area contributed by atoms with Crippen LogP contribution in [0.25, 0.3) is 11.3 Å². The van der Waals surface area contributed by atoms with Crippen molar-refractivity contribution in [3.8, 4) is 11.3 Å². The number of hydrogen-bond donors (Lipinski definition) is 1. The molecule has 4 heterocycles. The molecule has 0 aliphatic carbocycles. The second-order valence-electron chi connectivity index (χ2n) is 7.05. The maximum absolute atomic E-state index is 5.27. The molecule has 0 unspecified atom stereocenters. The quantitative estimate of drug-likeness (QED) is 0.760. The molecular weight excluding hydrogens is 328 g/mol. The van der Waals surface area contributed by atoms with Gasteiger partial charge in [-0.05, 0) is 58.2 Å². The van der Waals surface area contributed by atoms with E-state index in [0.717, 1.165) is 60.3 Å². The molecule has 136 valence electrons. The molecule has 0 atom stereocenters. The Balaban J connectivity index is 1.37. The summed E-state index contributed by atoms with van der Waals surface area (Å²) in [6, 6.07) is 2.09. The van der Waals surface area contributed by atoms with Gasteiger partial charge in [0.25, 0.3) is 0 Å². The Kier molecular flexibility index (Phi) is 4.79. The second kappa shape index (κ2) is 7.37. The predicted octanol–water partition coefficient (Wildman–Crippen LogP) is 2.93. The minimum absolute atomic E-state index is 0.662. The van der Waals surface area contributed by atoms with Gasteiger partial charge in [0.15, 0.2) is 0 Å². The molecule has 3 aromatic rings. The third kappa shape index (κ3) is 3.67. The lowest BCUT2D eigenvalue weighted by Crippen LogP contribution is -2.34. The second-order valence-corrected chi connectivity index (χ2v) is 7.05. The van der Waals surface area contributed by atoms with Crippen molar-refractivity contribution >= 4 is 0 Å². The zero-order valence-corrected chi connectivity index (χ0v) is 15.3. The van der Waals surface area contributed by atoms with E-state index in [-0.39, 0.29) is 0 Å². The van der Waals surface area contributed by atoms with E-state index in [1.54, 1.807) is 6.33 Å². The van der Waals surface area contributed by atoms with Crippen LogP contribution in [0.2, 0.25) is 0 Å². The van der Waals surface area contributed by atoms with Crippen LogP contribution in [0.1, 0.15) is 35.8 Å². The summed E-state index contributed by atoms with van der Waals surface area (Å²) in [5.74, 6) is 2.51. The highest BCUT2D eigenvalue weighted by Crippen LogP contribution is 2.27. The Bertz CT molecular complexity index is 829. The third-order valence-electron chi connectivity index (χ3n) is 5.15. The molecule has 1 N–H and O–H groups in total. The monoisotopic (exact) mass is 352 g/mol. The van der Waals surface area contributed by atoms with Crippen LogP contribution in [0.4, 0.5) is 0 Å². The Morgan fingerprint density at radius 1 is 1.19 bits per heavy atom. The van der Waals surface area contributed by atoms with Crippen LogP contribution < -0.4 is 0 Å². The van der Waals surface area contributed by atoms with Crippen LogP contribution in [0.3, 0.4) is 0 Å². The first-order valence-electron chi connectivity index (χ1n) is 9.14. The Labute approximate surface area is 152 Å². The van der Waals surface area contributed by atoms with Crippen molar-refractivity contribution in [2.45, 2.75) is 39.7 Å². The number of likely N-dealkylation sites (tertiary alicyclic amines) is 1. The molecule has 0 spiro atoms. The SMILES string of the molecule is Cc1noc(C)c1-c1cc(CC2CCN(Cc3ncc[nH]3)CC2)ncn1. The molecule has 3 aromatic heterocycles. The maximum Gasteiger partial charge on any atom is 0.143 e. The van der Waals surface area contributed by atoms with Crippen molar-refractivity contribution in [2.24, 2.45) is 5.92 Å². The first kappa shape index (κ1) is 16.9. The van der Waals surface area contributed by atoms with E-state index in [4.69, 9.17) is 4.52 Å². The van der Waals surface area contributed by atoms with Crippen molar-refractivity contribution in [3.05, 3.63) is 47.8 Å². The topological polar surface area (TPSA) is 83.7 Å². The van der Waals surface area contributed by atoms with Crippen LogP contribution >= 0.6 is 0 Å². The molecule has 1 aliphatic heterocycles. The van der Waals surface area contributed by atoms with E-state index in [2.05, 4.69) is 36.1 Å². The number of piperidine rings is 1. The van der Waals surface area contributed by atoms with Crippen LogP contribution in [-0.4, -0.2) is 43.1 Å². The zero-order valence-electron chi connectivity index (χ0n) is 15.3. The van der Waals surface area contributed by atoms with E-state index in [1.165, 1.54) is 12.8 Å². The molecule has 0 amide bonds. The average Bonchev–Trinajstić information content (AvgIpc) is 3.27. The molecule has 4 rings (SSSR count). The highest BCUT2D eigenvalue weighted by molar-refractivity contribution is 5.63. The summed E-state index contributed by atoms with van der Waals surface area (Å²) < 4.78 is 5.27. The summed E-state index contributed by atoms with van der Waals surface area (Å²) in [6.45, 7) is 6.98. The molecule has 26 heavy (non-hydrogen) atoms. The molecular formula is C19H24N6O. The Hall–Kier alpha value is -2.54. The fourth-order valence-corrected chi connectivity index (χ4v) is 3.74. The predicted molar refractivity (Wildman–Crippen MR) is 97.3 cm³/mol. The van der Waals surface area contributed by atoms with Crippen LogP contribution in [0.15, 0.2) is 29.3 Å². The Morgan fingerprint density at radius 2 is 2.04 bits per heavy atom. The highest BCUT2D eigenvalue weighted by atomic mass is 16.5. The smallest absolute Gasteiger partial charge is 0.143 e. The molecule has 1 saturated heterocycles. The molecule has 0 saturated carbocycles. The fraction of sp³-hybridized carbons (Fsp3) is 0.474. The minimum Gasteiger partial charge on any atom is -0.361 e. The molecule has 1 fully saturated rings.